The van der Waals surface area contributed by atoms with Crippen molar-refractivity contribution in [3.8, 4) is 11.6 Å². The SMILES string of the molecule is CCC1CN(c2ncc(-c3nnc(NC4(C)CC4)o3)nc2C)C(C)CN1C1CCN(C(=O)c2ccc(C)cc2)CC1. The van der Waals surface area contributed by atoms with Gasteiger partial charge < -0.3 is 19.5 Å². The maximum Gasteiger partial charge on any atom is 0.316 e. The summed E-state index contributed by atoms with van der Waals surface area (Å²) in [5.74, 6) is 1.45. The second kappa shape index (κ2) is 11.0. The Kier molecular flexibility index (Phi) is 7.44. The minimum Gasteiger partial charge on any atom is -0.402 e. The molecule has 1 N–H and O–H groups in total. The third-order valence-electron chi connectivity index (χ3n) is 9.12. The molecule has 218 valence electrons. The molecule has 3 aliphatic rings. The number of hydrogen-bond acceptors (Lipinski definition) is 9. The molecule has 2 aliphatic heterocycles. The number of nitrogens with zero attached hydrogens (tertiary/aromatic N) is 7. The van der Waals surface area contributed by atoms with Crippen molar-refractivity contribution < 1.29 is 9.21 Å². The van der Waals surface area contributed by atoms with Gasteiger partial charge in [-0.15, -0.1) is 5.10 Å². The lowest BCUT2D eigenvalue weighted by Crippen LogP contribution is -2.62. The van der Waals surface area contributed by atoms with Crippen LogP contribution in [0.15, 0.2) is 34.9 Å². The predicted molar refractivity (Wildman–Crippen MR) is 159 cm³/mol. The molecular formula is C31H42N8O2. The Bertz CT molecular complexity index is 1380. The maximum absolute atomic E-state index is 13.0. The van der Waals surface area contributed by atoms with E-state index in [2.05, 4.69) is 46.1 Å². The summed E-state index contributed by atoms with van der Waals surface area (Å²) in [4.78, 5) is 29.8. The quantitative estimate of drug-likeness (QED) is 0.442. The molecule has 10 heteroatoms. The number of likely N-dealkylation sites (tertiary alicyclic amines) is 1. The van der Waals surface area contributed by atoms with E-state index in [9.17, 15) is 4.79 Å². The summed E-state index contributed by atoms with van der Waals surface area (Å²) in [5.41, 5.74) is 3.49. The Morgan fingerprint density at radius 1 is 1.10 bits per heavy atom. The monoisotopic (exact) mass is 558 g/mol. The van der Waals surface area contributed by atoms with Gasteiger partial charge in [0.05, 0.1) is 11.9 Å². The summed E-state index contributed by atoms with van der Waals surface area (Å²) in [6, 6.07) is 9.56. The van der Waals surface area contributed by atoms with Crippen LogP contribution >= 0.6 is 0 Å². The zero-order valence-corrected chi connectivity index (χ0v) is 24.9. The van der Waals surface area contributed by atoms with E-state index in [0.29, 0.717) is 35.7 Å². The van der Waals surface area contributed by atoms with E-state index in [1.165, 1.54) is 5.56 Å². The number of hydrogen-bond donors (Lipinski definition) is 1. The molecule has 1 saturated carbocycles. The molecule has 0 spiro atoms. The van der Waals surface area contributed by atoms with E-state index in [-0.39, 0.29) is 11.4 Å². The van der Waals surface area contributed by atoms with Crippen LogP contribution in [0.1, 0.15) is 74.5 Å². The highest BCUT2D eigenvalue weighted by Gasteiger charge is 2.39. The van der Waals surface area contributed by atoms with Crippen LogP contribution in [0.5, 0.6) is 0 Å². The summed E-state index contributed by atoms with van der Waals surface area (Å²) >= 11 is 0. The van der Waals surface area contributed by atoms with Crippen LogP contribution in [0.25, 0.3) is 11.6 Å². The number of carbonyl (C=O) groups is 1. The number of piperidine rings is 1. The minimum absolute atomic E-state index is 0.0687. The van der Waals surface area contributed by atoms with Crippen LogP contribution in [-0.2, 0) is 0 Å². The van der Waals surface area contributed by atoms with Crippen molar-refractivity contribution >= 4 is 17.7 Å². The van der Waals surface area contributed by atoms with Gasteiger partial charge in [-0.05, 0) is 71.9 Å². The Morgan fingerprint density at radius 2 is 1.83 bits per heavy atom. The average Bonchev–Trinajstić information content (AvgIpc) is 3.52. The summed E-state index contributed by atoms with van der Waals surface area (Å²) in [7, 11) is 0. The number of rotatable bonds is 7. The van der Waals surface area contributed by atoms with E-state index in [4.69, 9.17) is 14.4 Å². The summed E-state index contributed by atoms with van der Waals surface area (Å²) in [6.07, 6.45) is 7.04. The first-order valence-corrected chi connectivity index (χ1v) is 15.1. The fourth-order valence-electron chi connectivity index (χ4n) is 6.26. The molecule has 10 nitrogen and oxygen atoms in total. The van der Waals surface area contributed by atoms with Gasteiger partial charge in [-0.25, -0.2) is 9.97 Å². The fraction of sp³-hybridized carbons (Fsp3) is 0.581. The Labute approximate surface area is 242 Å². The molecule has 2 unspecified atom stereocenters. The molecule has 41 heavy (non-hydrogen) atoms. The van der Waals surface area contributed by atoms with Gasteiger partial charge in [0.15, 0.2) is 0 Å². The highest BCUT2D eigenvalue weighted by molar-refractivity contribution is 5.94. The second-order valence-corrected chi connectivity index (χ2v) is 12.4. The summed E-state index contributed by atoms with van der Waals surface area (Å²) < 4.78 is 5.83. The number of amides is 1. The zero-order chi connectivity index (χ0) is 28.7. The first-order chi connectivity index (χ1) is 19.7. The molecule has 2 atom stereocenters. The van der Waals surface area contributed by atoms with E-state index in [1.807, 2.05) is 43.0 Å². The van der Waals surface area contributed by atoms with Crippen LogP contribution in [-0.4, -0.2) is 85.7 Å². The Balaban J connectivity index is 1.09. The molecule has 0 bridgehead atoms. The van der Waals surface area contributed by atoms with Gasteiger partial charge in [-0.3, -0.25) is 9.69 Å². The molecule has 3 aromatic rings. The number of aromatic nitrogens is 4. The number of carbonyl (C=O) groups excluding carboxylic acids is 1. The molecule has 6 rings (SSSR count). The zero-order valence-electron chi connectivity index (χ0n) is 24.9. The first kappa shape index (κ1) is 27.6. The predicted octanol–water partition coefficient (Wildman–Crippen LogP) is 4.70. The van der Waals surface area contributed by atoms with Gasteiger partial charge in [0.2, 0.25) is 0 Å². The van der Waals surface area contributed by atoms with Crippen LogP contribution < -0.4 is 10.2 Å². The largest absolute Gasteiger partial charge is 0.402 e. The van der Waals surface area contributed by atoms with Gasteiger partial charge >= 0.3 is 6.01 Å². The van der Waals surface area contributed by atoms with Crippen LogP contribution in [0, 0.1) is 13.8 Å². The number of anilines is 2. The van der Waals surface area contributed by atoms with Crippen molar-refractivity contribution in [1.29, 1.82) is 0 Å². The smallest absolute Gasteiger partial charge is 0.316 e. The van der Waals surface area contributed by atoms with E-state index >= 15 is 0 Å². The van der Waals surface area contributed by atoms with E-state index < -0.39 is 0 Å². The van der Waals surface area contributed by atoms with Gasteiger partial charge in [0.25, 0.3) is 11.8 Å². The molecule has 1 amide bonds. The lowest BCUT2D eigenvalue weighted by atomic mass is 9.95. The van der Waals surface area contributed by atoms with Crippen molar-refractivity contribution in [3.63, 3.8) is 0 Å². The Hall–Kier alpha value is -3.53. The highest BCUT2D eigenvalue weighted by atomic mass is 16.4. The lowest BCUT2D eigenvalue weighted by molar-refractivity contribution is 0.0434. The summed E-state index contributed by atoms with van der Waals surface area (Å²) in [5, 5.41) is 11.6. The van der Waals surface area contributed by atoms with Crippen LogP contribution in [0.4, 0.5) is 11.8 Å². The normalized spacial score (nSPS) is 23.0. The van der Waals surface area contributed by atoms with Crippen LogP contribution in [0.3, 0.4) is 0 Å². The molecule has 0 radical (unpaired) electrons. The van der Waals surface area contributed by atoms with Gasteiger partial charge in [0.1, 0.15) is 11.5 Å². The maximum atomic E-state index is 13.0. The third-order valence-corrected chi connectivity index (χ3v) is 9.12. The van der Waals surface area contributed by atoms with E-state index in [0.717, 1.165) is 75.4 Å². The number of nitrogens with one attached hydrogen (secondary N) is 1. The van der Waals surface area contributed by atoms with Crippen LogP contribution in [0.2, 0.25) is 0 Å². The number of aryl methyl sites for hydroxylation is 2. The average molecular weight is 559 g/mol. The number of benzene rings is 1. The first-order valence-electron chi connectivity index (χ1n) is 15.1. The van der Waals surface area contributed by atoms with Crippen molar-refractivity contribution in [1.82, 2.24) is 30.0 Å². The lowest BCUT2D eigenvalue weighted by Gasteiger charge is -2.50. The molecule has 3 fully saturated rings. The van der Waals surface area contributed by atoms with Crippen molar-refractivity contribution in [2.45, 2.75) is 90.4 Å². The minimum atomic E-state index is 0.0687. The molecule has 4 heterocycles. The van der Waals surface area contributed by atoms with Gasteiger partial charge in [-0.1, -0.05) is 29.7 Å². The molecular weight excluding hydrogens is 516 g/mol. The molecule has 2 saturated heterocycles. The molecule has 1 aliphatic carbocycles. The highest BCUT2D eigenvalue weighted by Crippen LogP contribution is 2.38. The van der Waals surface area contributed by atoms with Crippen molar-refractivity contribution in [3.05, 3.63) is 47.3 Å². The topological polar surface area (TPSA) is 104 Å². The van der Waals surface area contributed by atoms with Crippen molar-refractivity contribution in [2.75, 3.05) is 36.4 Å². The summed E-state index contributed by atoms with van der Waals surface area (Å²) in [6.45, 7) is 14.2. The Morgan fingerprint density at radius 3 is 2.49 bits per heavy atom. The third kappa shape index (κ3) is 5.80. The standard InChI is InChI=1S/C31H42N8O2/c1-6-24-19-38(27-22(4)33-26(17-32-27)28-35-36-30(41-28)34-31(5)13-14-31)21(3)18-39(24)25-11-15-37(16-12-25)29(40)23-9-7-20(2)8-10-23/h7-10,17,21,24-25H,6,11-16,18-19H2,1-5H3,(H,34,36). The van der Waals surface area contributed by atoms with Gasteiger partial charge in [0, 0.05) is 55.4 Å². The molecule has 2 aromatic heterocycles. The van der Waals surface area contributed by atoms with E-state index in [1.54, 1.807) is 6.20 Å². The molecule has 1 aromatic carbocycles. The fourth-order valence-corrected chi connectivity index (χ4v) is 6.26. The van der Waals surface area contributed by atoms with Gasteiger partial charge in [-0.2, -0.15) is 0 Å². The second-order valence-electron chi connectivity index (χ2n) is 12.4. The van der Waals surface area contributed by atoms with Crippen molar-refractivity contribution in [2.24, 2.45) is 0 Å². The number of piperazine rings is 1.